The average molecular weight is 522 g/mol. The maximum absolute atomic E-state index is 13.1. The largest absolute Gasteiger partial charge is 0.322 e. The molecule has 0 aliphatic rings. The number of amides is 3. The summed E-state index contributed by atoms with van der Waals surface area (Å²) < 4.78 is 1.67. The molecule has 1 heterocycles. The van der Waals surface area contributed by atoms with Crippen LogP contribution in [0.2, 0.25) is 10.0 Å². The van der Waals surface area contributed by atoms with Crippen LogP contribution in [0.3, 0.4) is 0 Å². The summed E-state index contributed by atoms with van der Waals surface area (Å²) in [4.78, 5) is 27.5. The van der Waals surface area contributed by atoms with E-state index in [1.54, 1.807) is 22.9 Å². The maximum Gasteiger partial charge on any atom is 0.322 e. The Hall–Kier alpha value is -3.81. The molecule has 0 unspecified atom stereocenters. The van der Waals surface area contributed by atoms with Gasteiger partial charge in [-0.05, 0) is 30.7 Å². The number of rotatable bonds is 8. The van der Waals surface area contributed by atoms with Crippen LogP contribution in [0.25, 0.3) is 16.9 Å². The number of carbonyl (C=O) groups is 2. The zero-order chi connectivity index (χ0) is 25.5. The van der Waals surface area contributed by atoms with Crippen LogP contribution in [-0.2, 0) is 4.79 Å². The second-order valence-electron chi connectivity index (χ2n) is 8.02. The quantitative estimate of drug-likeness (QED) is 0.269. The van der Waals surface area contributed by atoms with Crippen LogP contribution >= 0.6 is 23.2 Å². The SMILES string of the molecule is CCCN(CC(=O)Nc1cc(-c2ccccc2)nn1-c1ccccc1)C(=O)Nc1c(Cl)cccc1Cl. The van der Waals surface area contributed by atoms with Crippen molar-refractivity contribution in [3.8, 4) is 16.9 Å². The van der Waals surface area contributed by atoms with Gasteiger partial charge in [0.15, 0.2) is 0 Å². The molecule has 0 aliphatic carbocycles. The highest BCUT2D eigenvalue weighted by molar-refractivity contribution is 6.39. The highest BCUT2D eigenvalue weighted by Gasteiger charge is 2.20. The van der Waals surface area contributed by atoms with Gasteiger partial charge in [0.2, 0.25) is 5.91 Å². The Morgan fingerprint density at radius 3 is 2.17 bits per heavy atom. The molecule has 3 aromatic carbocycles. The lowest BCUT2D eigenvalue weighted by Crippen LogP contribution is -2.41. The number of para-hydroxylation sites is 2. The van der Waals surface area contributed by atoms with Gasteiger partial charge >= 0.3 is 6.03 Å². The fourth-order valence-electron chi connectivity index (χ4n) is 3.67. The molecule has 0 bridgehead atoms. The Kier molecular flexibility index (Phi) is 8.25. The van der Waals surface area contributed by atoms with Crippen LogP contribution < -0.4 is 10.6 Å². The van der Waals surface area contributed by atoms with Crippen molar-refractivity contribution in [1.29, 1.82) is 0 Å². The number of carbonyl (C=O) groups excluding carboxylic acids is 2. The summed E-state index contributed by atoms with van der Waals surface area (Å²) in [6.07, 6.45) is 0.664. The lowest BCUT2D eigenvalue weighted by molar-refractivity contribution is -0.116. The van der Waals surface area contributed by atoms with Gasteiger partial charge in [-0.1, -0.05) is 84.7 Å². The van der Waals surface area contributed by atoms with E-state index in [4.69, 9.17) is 28.3 Å². The number of nitrogens with one attached hydrogen (secondary N) is 2. The van der Waals surface area contributed by atoms with Crippen molar-refractivity contribution < 1.29 is 9.59 Å². The van der Waals surface area contributed by atoms with Gasteiger partial charge in [-0.3, -0.25) is 4.79 Å². The Morgan fingerprint density at radius 2 is 1.53 bits per heavy atom. The molecule has 36 heavy (non-hydrogen) atoms. The van der Waals surface area contributed by atoms with E-state index in [2.05, 4.69) is 10.6 Å². The van der Waals surface area contributed by atoms with E-state index in [0.717, 1.165) is 11.3 Å². The van der Waals surface area contributed by atoms with Crippen LogP contribution in [0.4, 0.5) is 16.3 Å². The number of aromatic nitrogens is 2. The molecule has 0 atom stereocenters. The Bertz CT molecular complexity index is 1320. The molecule has 0 saturated carbocycles. The average Bonchev–Trinajstić information content (AvgIpc) is 3.30. The molecule has 4 aromatic rings. The molecule has 7 nitrogen and oxygen atoms in total. The number of benzene rings is 3. The summed E-state index contributed by atoms with van der Waals surface area (Å²) in [5, 5.41) is 11.0. The van der Waals surface area contributed by atoms with Gasteiger partial charge in [-0.2, -0.15) is 5.10 Å². The summed E-state index contributed by atoms with van der Waals surface area (Å²) in [5.41, 5.74) is 2.74. The monoisotopic (exact) mass is 521 g/mol. The molecule has 0 aliphatic heterocycles. The van der Waals surface area contributed by atoms with Crippen molar-refractivity contribution in [2.75, 3.05) is 23.7 Å². The summed E-state index contributed by atoms with van der Waals surface area (Å²) in [6, 6.07) is 25.5. The van der Waals surface area contributed by atoms with Gasteiger partial charge in [-0.15, -0.1) is 0 Å². The topological polar surface area (TPSA) is 79.3 Å². The first kappa shape index (κ1) is 25.3. The molecular weight excluding hydrogens is 497 g/mol. The molecule has 9 heteroatoms. The zero-order valence-corrected chi connectivity index (χ0v) is 21.1. The molecule has 2 N–H and O–H groups in total. The van der Waals surface area contributed by atoms with Crippen molar-refractivity contribution in [1.82, 2.24) is 14.7 Å². The fraction of sp³-hybridized carbons (Fsp3) is 0.148. The zero-order valence-electron chi connectivity index (χ0n) is 19.6. The predicted octanol–water partition coefficient (Wildman–Crippen LogP) is 6.73. The van der Waals surface area contributed by atoms with E-state index in [1.807, 2.05) is 73.7 Å². The number of urea groups is 1. The smallest absolute Gasteiger partial charge is 0.315 e. The summed E-state index contributed by atoms with van der Waals surface area (Å²) in [7, 11) is 0. The third-order valence-electron chi connectivity index (χ3n) is 5.36. The molecule has 0 saturated heterocycles. The highest BCUT2D eigenvalue weighted by Crippen LogP contribution is 2.30. The van der Waals surface area contributed by atoms with Crippen LogP contribution in [0, 0.1) is 0 Å². The summed E-state index contributed by atoms with van der Waals surface area (Å²) in [6.45, 7) is 2.13. The van der Waals surface area contributed by atoms with Crippen molar-refractivity contribution in [2.45, 2.75) is 13.3 Å². The van der Waals surface area contributed by atoms with E-state index in [0.29, 0.717) is 40.2 Å². The number of hydrogen-bond donors (Lipinski definition) is 2. The van der Waals surface area contributed by atoms with Gasteiger partial charge in [0.05, 0.1) is 27.1 Å². The van der Waals surface area contributed by atoms with Crippen molar-refractivity contribution in [3.05, 3.63) is 95.0 Å². The number of nitrogens with zero attached hydrogens (tertiary/aromatic N) is 3. The molecule has 0 spiro atoms. The summed E-state index contributed by atoms with van der Waals surface area (Å²) >= 11 is 12.4. The summed E-state index contributed by atoms with van der Waals surface area (Å²) in [5.74, 6) is 0.136. The van der Waals surface area contributed by atoms with Gasteiger partial charge in [0.25, 0.3) is 0 Å². The first-order chi connectivity index (χ1) is 17.5. The maximum atomic E-state index is 13.1. The second kappa shape index (κ2) is 11.7. The molecule has 1 aromatic heterocycles. The number of anilines is 2. The van der Waals surface area contributed by atoms with Crippen molar-refractivity contribution in [2.24, 2.45) is 0 Å². The van der Waals surface area contributed by atoms with Crippen LogP contribution in [0.5, 0.6) is 0 Å². The van der Waals surface area contributed by atoms with Crippen LogP contribution in [0.1, 0.15) is 13.3 Å². The van der Waals surface area contributed by atoms with Gasteiger partial charge in [0, 0.05) is 18.2 Å². The number of halogens is 2. The number of hydrogen-bond acceptors (Lipinski definition) is 3. The normalized spacial score (nSPS) is 10.6. The van der Waals surface area contributed by atoms with E-state index in [9.17, 15) is 9.59 Å². The Labute approximate surface area is 219 Å². The first-order valence-electron chi connectivity index (χ1n) is 11.5. The lowest BCUT2D eigenvalue weighted by Gasteiger charge is -2.22. The lowest BCUT2D eigenvalue weighted by atomic mass is 10.1. The minimum atomic E-state index is -0.469. The highest BCUT2D eigenvalue weighted by atomic mass is 35.5. The fourth-order valence-corrected chi connectivity index (χ4v) is 4.16. The van der Waals surface area contributed by atoms with E-state index in [-0.39, 0.29) is 12.5 Å². The van der Waals surface area contributed by atoms with E-state index in [1.165, 1.54) is 4.90 Å². The van der Waals surface area contributed by atoms with E-state index >= 15 is 0 Å². The van der Waals surface area contributed by atoms with Crippen molar-refractivity contribution >= 4 is 46.6 Å². The second-order valence-corrected chi connectivity index (χ2v) is 8.84. The van der Waals surface area contributed by atoms with Gasteiger partial charge in [0.1, 0.15) is 12.4 Å². The third kappa shape index (κ3) is 6.05. The Balaban J connectivity index is 1.55. The molecule has 0 fully saturated rings. The van der Waals surface area contributed by atoms with Gasteiger partial charge in [-0.25, -0.2) is 9.48 Å². The molecule has 4 rings (SSSR count). The van der Waals surface area contributed by atoms with Crippen molar-refractivity contribution in [3.63, 3.8) is 0 Å². The predicted molar refractivity (Wildman–Crippen MR) is 145 cm³/mol. The van der Waals surface area contributed by atoms with Gasteiger partial charge < -0.3 is 15.5 Å². The molecule has 184 valence electrons. The standard InChI is InChI=1S/C27H25Cl2N5O2/c1-2-16-33(27(36)31-26-21(28)14-9-15-22(26)29)18-25(35)30-24-17-23(19-10-5-3-6-11-19)32-34(24)20-12-7-4-8-13-20/h3-15,17H,2,16,18H2,1H3,(H,30,35)(H,31,36). The first-order valence-corrected chi connectivity index (χ1v) is 12.2. The minimum Gasteiger partial charge on any atom is -0.315 e. The van der Waals surface area contributed by atoms with Crippen LogP contribution in [0.15, 0.2) is 84.9 Å². The molecular formula is C27H25Cl2N5O2. The molecule has 3 amide bonds. The third-order valence-corrected chi connectivity index (χ3v) is 5.99. The van der Waals surface area contributed by atoms with E-state index < -0.39 is 6.03 Å². The van der Waals surface area contributed by atoms with Crippen LogP contribution in [-0.4, -0.2) is 39.7 Å². The minimum absolute atomic E-state index is 0.164. The Morgan fingerprint density at radius 1 is 0.889 bits per heavy atom. The molecule has 0 radical (unpaired) electrons.